The fourth-order valence-corrected chi connectivity index (χ4v) is 1.33. The van der Waals surface area contributed by atoms with Crippen LogP contribution in [0.15, 0.2) is 24.3 Å². The second-order valence-electron chi connectivity index (χ2n) is 3.13. The van der Waals surface area contributed by atoms with Crippen LogP contribution in [-0.4, -0.2) is 5.91 Å². The lowest BCUT2D eigenvalue weighted by Gasteiger charge is -2.12. The molecule has 13 heavy (non-hydrogen) atoms. The van der Waals surface area contributed by atoms with E-state index in [0.717, 1.165) is 11.1 Å². The third-order valence-electron chi connectivity index (χ3n) is 2.01. The zero-order valence-electron chi connectivity index (χ0n) is 7.66. The van der Waals surface area contributed by atoms with E-state index in [1.807, 2.05) is 31.2 Å². The molecular weight excluding hydrogens is 164 g/mol. The van der Waals surface area contributed by atoms with Crippen LogP contribution in [0.1, 0.15) is 23.6 Å². The van der Waals surface area contributed by atoms with Gasteiger partial charge in [-0.25, -0.2) is 0 Å². The Bertz CT molecular complexity index is 310. The second kappa shape index (κ2) is 4.05. The van der Waals surface area contributed by atoms with Gasteiger partial charge in [-0.2, -0.15) is 0 Å². The van der Waals surface area contributed by atoms with Crippen LogP contribution in [0.25, 0.3) is 0 Å². The zero-order chi connectivity index (χ0) is 9.84. The summed E-state index contributed by atoms with van der Waals surface area (Å²) < 4.78 is 0. The van der Waals surface area contributed by atoms with Gasteiger partial charge in [-0.1, -0.05) is 24.3 Å². The topological polar surface area (TPSA) is 69.1 Å². The highest BCUT2D eigenvalue weighted by Crippen LogP contribution is 2.17. The lowest BCUT2D eigenvalue weighted by molar-refractivity contribution is -0.118. The van der Waals surface area contributed by atoms with Gasteiger partial charge in [-0.05, 0) is 18.1 Å². The molecule has 70 valence electrons. The molecule has 1 rings (SSSR count). The first-order chi connectivity index (χ1) is 6.11. The molecule has 0 aromatic heterocycles. The Hall–Kier alpha value is -1.35. The van der Waals surface area contributed by atoms with Crippen LogP contribution in [-0.2, 0) is 4.79 Å². The molecule has 0 radical (unpaired) electrons. The first-order valence-corrected chi connectivity index (χ1v) is 4.20. The molecule has 3 nitrogen and oxygen atoms in total. The molecule has 0 aliphatic heterocycles. The summed E-state index contributed by atoms with van der Waals surface area (Å²) in [6.07, 6.45) is 0.199. The lowest BCUT2D eigenvalue weighted by atomic mass is 9.99. The van der Waals surface area contributed by atoms with E-state index in [1.165, 1.54) is 0 Å². The van der Waals surface area contributed by atoms with E-state index < -0.39 is 0 Å². The number of primary amides is 1. The highest BCUT2D eigenvalue weighted by atomic mass is 16.1. The summed E-state index contributed by atoms with van der Waals surface area (Å²) in [5.41, 5.74) is 12.9. The van der Waals surface area contributed by atoms with Crippen molar-refractivity contribution in [1.82, 2.24) is 0 Å². The highest BCUT2D eigenvalue weighted by molar-refractivity contribution is 5.74. The molecule has 0 spiro atoms. The van der Waals surface area contributed by atoms with Crippen LogP contribution in [0.3, 0.4) is 0 Å². The third-order valence-corrected chi connectivity index (χ3v) is 2.01. The van der Waals surface area contributed by atoms with Crippen molar-refractivity contribution >= 4 is 5.91 Å². The van der Waals surface area contributed by atoms with E-state index >= 15 is 0 Å². The highest BCUT2D eigenvalue weighted by Gasteiger charge is 2.10. The largest absolute Gasteiger partial charge is 0.370 e. The predicted molar refractivity (Wildman–Crippen MR) is 51.9 cm³/mol. The van der Waals surface area contributed by atoms with Crippen LogP contribution in [0.4, 0.5) is 0 Å². The lowest BCUT2D eigenvalue weighted by Crippen LogP contribution is -2.21. The SMILES string of the molecule is Cc1ccccc1C(N)CC(N)=O. The molecule has 1 atom stereocenters. The average Bonchev–Trinajstić information content (AvgIpc) is 2.03. The number of amides is 1. The molecule has 4 N–H and O–H groups in total. The van der Waals surface area contributed by atoms with E-state index in [4.69, 9.17) is 11.5 Å². The summed E-state index contributed by atoms with van der Waals surface area (Å²) in [6, 6.07) is 7.46. The van der Waals surface area contributed by atoms with Crippen LogP contribution in [0.2, 0.25) is 0 Å². The number of rotatable bonds is 3. The summed E-state index contributed by atoms with van der Waals surface area (Å²) in [5.74, 6) is -0.365. The van der Waals surface area contributed by atoms with Crippen LogP contribution >= 0.6 is 0 Å². The standard InChI is InChI=1S/C10H14N2O/c1-7-4-2-3-5-8(7)9(11)6-10(12)13/h2-5,9H,6,11H2,1H3,(H2,12,13). The molecule has 0 aliphatic carbocycles. The van der Waals surface area contributed by atoms with E-state index in [0.29, 0.717) is 0 Å². The normalized spacial score (nSPS) is 12.5. The number of nitrogens with two attached hydrogens (primary N) is 2. The summed E-state index contributed by atoms with van der Waals surface area (Å²) in [4.78, 5) is 10.6. The van der Waals surface area contributed by atoms with Gasteiger partial charge in [0.2, 0.25) is 5.91 Å². The average molecular weight is 178 g/mol. The minimum atomic E-state index is -0.365. The monoisotopic (exact) mass is 178 g/mol. The van der Waals surface area contributed by atoms with E-state index in [9.17, 15) is 4.79 Å². The van der Waals surface area contributed by atoms with E-state index in [1.54, 1.807) is 0 Å². The molecule has 0 heterocycles. The van der Waals surface area contributed by atoms with Crippen LogP contribution < -0.4 is 11.5 Å². The maximum absolute atomic E-state index is 10.6. The smallest absolute Gasteiger partial charge is 0.219 e. The maximum atomic E-state index is 10.6. The molecule has 1 amide bonds. The van der Waals surface area contributed by atoms with E-state index in [-0.39, 0.29) is 18.4 Å². The van der Waals surface area contributed by atoms with Crippen molar-refractivity contribution in [3.05, 3.63) is 35.4 Å². The van der Waals surface area contributed by atoms with Gasteiger partial charge in [0.15, 0.2) is 0 Å². The third kappa shape index (κ3) is 2.56. The molecule has 0 fully saturated rings. The molecular formula is C10H14N2O. The van der Waals surface area contributed by atoms with Gasteiger partial charge in [0.05, 0.1) is 0 Å². The minimum absolute atomic E-state index is 0.199. The summed E-state index contributed by atoms with van der Waals surface area (Å²) >= 11 is 0. The molecule has 1 aromatic carbocycles. The molecule has 0 bridgehead atoms. The number of hydrogen-bond acceptors (Lipinski definition) is 2. The fourth-order valence-electron chi connectivity index (χ4n) is 1.33. The van der Waals surface area contributed by atoms with E-state index in [2.05, 4.69) is 0 Å². The van der Waals surface area contributed by atoms with Crippen molar-refractivity contribution in [2.24, 2.45) is 11.5 Å². The summed E-state index contributed by atoms with van der Waals surface area (Å²) in [5, 5.41) is 0. The van der Waals surface area contributed by atoms with Crippen molar-refractivity contribution in [3.8, 4) is 0 Å². The van der Waals surface area contributed by atoms with Crippen molar-refractivity contribution < 1.29 is 4.79 Å². The first-order valence-electron chi connectivity index (χ1n) is 4.20. The summed E-state index contributed by atoms with van der Waals surface area (Å²) in [7, 11) is 0. The van der Waals surface area contributed by atoms with Gasteiger partial charge >= 0.3 is 0 Å². The number of carbonyl (C=O) groups is 1. The molecule has 1 aromatic rings. The molecule has 1 unspecified atom stereocenters. The van der Waals surface area contributed by atoms with Crippen molar-refractivity contribution in [2.45, 2.75) is 19.4 Å². The molecule has 3 heteroatoms. The predicted octanol–water partition coefficient (Wildman–Crippen LogP) is 0.870. The quantitative estimate of drug-likeness (QED) is 0.721. The van der Waals surface area contributed by atoms with Crippen molar-refractivity contribution in [1.29, 1.82) is 0 Å². The summed E-state index contributed by atoms with van der Waals surface area (Å²) in [6.45, 7) is 1.97. The number of aryl methyl sites for hydroxylation is 1. The molecule has 0 saturated heterocycles. The fraction of sp³-hybridized carbons (Fsp3) is 0.300. The van der Waals surface area contributed by atoms with Crippen LogP contribution in [0, 0.1) is 6.92 Å². The van der Waals surface area contributed by atoms with Crippen LogP contribution in [0.5, 0.6) is 0 Å². The molecule has 0 saturated carbocycles. The minimum Gasteiger partial charge on any atom is -0.370 e. The number of hydrogen-bond donors (Lipinski definition) is 2. The van der Waals surface area contributed by atoms with Gasteiger partial charge in [0, 0.05) is 12.5 Å². The van der Waals surface area contributed by atoms with Crippen molar-refractivity contribution in [3.63, 3.8) is 0 Å². The zero-order valence-corrected chi connectivity index (χ0v) is 7.66. The Balaban J connectivity index is 2.82. The molecule has 0 aliphatic rings. The van der Waals surface area contributed by atoms with Crippen molar-refractivity contribution in [2.75, 3.05) is 0 Å². The number of carbonyl (C=O) groups excluding carboxylic acids is 1. The van der Waals surface area contributed by atoms with Gasteiger partial charge in [-0.3, -0.25) is 4.79 Å². The Kier molecular flexibility index (Phi) is 3.03. The maximum Gasteiger partial charge on any atom is 0.219 e. The van der Waals surface area contributed by atoms with Gasteiger partial charge in [0.1, 0.15) is 0 Å². The Morgan fingerprint density at radius 2 is 2.08 bits per heavy atom. The van der Waals surface area contributed by atoms with Gasteiger partial charge in [-0.15, -0.1) is 0 Å². The Labute approximate surface area is 77.7 Å². The number of benzene rings is 1. The Morgan fingerprint density at radius 1 is 1.46 bits per heavy atom. The van der Waals surface area contributed by atoms with Gasteiger partial charge < -0.3 is 11.5 Å². The first kappa shape index (κ1) is 9.74. The van der Waals surface area contributed by atoms with Gasteiger partial charge in [0.25, 0.3) is 0 Å². The Morgan fingerprint density at radius 3 is 2.62 bits per heavy atom. The second-order valence-corrected chi connectivity index (χ2v) is 3.13.